The molecule has 6 nitrogen and oxygen atoms in total. The van der Waals surface area contributed by atoms with Crippen LogP contribution in [0.1, 0.15) is 11.1 Å². The van der Waals surface area contributed by atoms with Crippen molar-refractivity contribution in [1.82, 2.24) is 10.9 Å². The summed E-state index contributed by atoms with van der Waals surface area (Å²) in [7, 11) is 0. The van der Waals surface area contributed by atoms with Crippen molar-refractivity contribution in [2.24, 2.45) is 10.2 Å². The molecule has 0 radical (unpaired) electrons. The highest BCUT2D eigenvalue weighted by Gasteiger charge is 2.10. The van der Waals surface area contributed by atoms with E-state index in [0.29, 0.717) is 21.2 Å². The van der Waals surface area contributed by atoms with E-state index in [0.717, 1.165) is 0 Å². The Balaban J connectivity index is 1.83. The zero-order chi connectivity index (χ0) is 17.4. The summed E-state index contributed by atoms with van der Waals surface area (Å²) in [5, 5.41) is 8.42. The van der Waals surface area contributed by atoms with E-state index in [-0.39, 0.29) is 0 Å². The van der Waals surface area contributed by atoms with Gasteiger partial charge in [0, 0.05) is 10.0 Å². The zero-order valence-corrected chi connectivity index (χ0v) is 13.8. The van der Waals surface area contributed by atoms with Gasteiger partial charge in [-0.2, -0.15) is 10.2 Å². The molecule has 0 aromatic heterocycles. The van der Waals surface area contributed by atoms with Crippen LogP contribution in [0.4, 0.5) is 0 Å². The molecule has 2 N–H and O–H groups in total. The molecule has 0 atom stereocenters. The van der Waals surface area contributed by atoms with Gasteiger partial charge < -0.3 is 0 Å². The summed E-state index contributed by atoms with van der Waals surface area (Å²) in [5.41, 5.74) is 5.54. The third kappa shape index (κ3) is 5.83. The Kier molecular flexibility index (Phi) is 6.48. The minimum Gasteiger partial charge on any atom is -0.262 e. The predicted octanol–water partition coefficient (Wildman–Crippen LogP) is 2.59. The average Bonchev–Trinajstić information content (AvgIpc) is 2.55. The van der Waals surface area contributed by atoms with Gasteiger partial charge in [0.05, 0.1) is 12.4 Å². The third-order valence-corrected chi connectivity index (χ3v) is 3.13. The SMILES string of the molecule is O=C(N/N=C\c1cccc(Cl)c1)C(=O)N/N=C\c1cccc(Cl)c1. The molecule has 0 unspecified atom stereocenters. The summed E-state index contributed by atoms with van der Waals surface area (Å²) in [4.78, 5) is 23.1. The molecular formula is C16H12Cl2N4O2. The fourth-order valence-electron chi connectivity index (χ4n) is 1.61. The molecule has 0 aliphatic rings. The number of amides is 2. The van der Waals surface area contributed by atoms with E-state index < -0.39 is 11.8 Å². The molecule has 0 aliphatic carbocycles. The lowest BCUT2D eigenvalue weighted by atomic mass is 10.2. The summed E-state index contributed by atoms with van der Waals surface area (Å²) >= 11 is 11.6. The second kappa shape index (κ2) is 8.81. The number of nitrogens with one attached hydrogen (secondary N) is 2. The molecule has 0 spiro atoms. The van der Waals surface area contributed by atoms with Gasteiger partial charge >= 0.3 is 11.8 Å². The molecule has 0 heterocycles. The van der Waals surface area contributed by atoms with Gasteiger partial charge in [-0.3, -0.25) is 9.59 Å². The van der Waals surface area contributed by atoms with Crippen LogP contribution >= 0.6 is 23.2 Å². The summed E-state index contributed by atoms with van der Waals surface area (Å²) in [5.74, 6) is -1.90. The highest BCUT2D eigenvalue weighted by molar-refractivity contribution is 6.35. The average molecular weight is 363 g/mol. The molecule has 2 amide bonds. The molecule has 2 aromatic rings. The van der Waals surface area contributed by atoms with E-state index in [1.54, 1.807) is 48.5 Å². The third-order valence-electron chi connectivity index (χ3n) is 2.66. The normalized spacial score (nSPS) is 10.9. The number of halogens is 2. The first-order chi connectivity index (χ1) is 11.5. The van der Waals surface area contributed by atoms with Crippen LogP contribution in [0.15, 0.2) is 58.7 Å². The molecule has 0 bridgehead atoms. The first-order valence-corrected chi connectivity index (χ1v) is 7.48. The minimum atomic E-state index is -0.948. The van der Waals surface area contributed by atoms with E-state index in [4.69, 9.17) is 23.2 Å². The van der Waals surface area contributed by atoms with Crippen molar-refractivity contribution in [3.05, 3.63) is 69.7 Å². The molecular weight excluding hydrogens is 351 g/mol. The number of rotatable bonds is 4. The van der Waals surface area contributed by atoms with Crippen LogP contribution in [0.2, 0.25) is 10.0 Å². The van der Waals surface area contributed by atoms with Crippen LogP contribution in [-0.4, -0.2) is 24.2 Å². The maximum atomic E-state index is 11.5. The van der Waals surface area contributed by atoms with Gasteiger partial charge in [0.1, 0.15) is 0 Å². The largest absolute Gasteiger partial charge is 0.331 e. The standard InChI is InChI=1S/C16H12Cl2N4O2/c17-13-5-1-3-11(7-13)9-19-21-15(23)16(24)22-20-10-12-4-2-6-14(18)8-12/h1-10H,(H,21,23)(H,22,24)/b19-9-,20-10-. The zero-order valence-electron chi connectivity index (χ0n) is 12.2. The highest BCUT2D eigenvalue weighted by atomic mass is 35.5. The number of benzene rings is 2. The van der Waals surface area contributed by atoms with Gasteiger partial charge in [0.15, 0.2) is 0 Å². The van der Waals surface area contributed by atoms with Crippen LogP contribution in [0, 0.1) is 0 Å². The number of hydrogen-bond acceptors (Lipinski definition) is 4. The van der Waals surface area contributed by atoms with Gasteiger partial charge in [-0.1, -0.05) is 47.5 Å². The van der Waals surface area contributed by atoms with Gasteiger partial charge in [-0.15, -0.1) is 0 Å². The number of hydrogen-bond donors (Lipinski definition) is 2. The van der Waals surface area contributed by atoms with Crippen LogP contribution in [0.25, 0.3) is 0 Å². The van der Waals surface area contributed by atoms with Crippen molar-refractivity contribution >= 4 is 47.4 Å². The molecule has 0 saturated heterocycles. The van der Waals surface area contributed by atoms with Gasteiger partial charge in [0.25, 0.3) is 0 Å². The monoisotopic (exact) mass is 362 g/mol. The van der Waals surface area contributed by atoms with Crippen LogP contribution < -0.4 is 10.9 Å². The maximum Gasteiger partial charge on any atom is 0.331 e. The second-order valence-corrected chi connectivity index (χ2v) is 5.38. The topological polar surface area (TPSA) is 82.9 Å². The quantitative estimate of drug-likeness (QED) is 0.497. The number of carbonyl (C=O) groups is 2. The lowest BCUT2D eigenvalue weighted by molar-refractivity contribution is -0.139. The van der Waals surface area contributed by atoms with E-state index >= 15 is 0 Å². The summed E-state index contributed by atoms with van der Waals surface area (Å²) in [6.45, 7) is 0. The number of carbonyl (C=O) groups excluding carboxylic acids is 2. The Morgan fingerprint density at radius 1 is 0.792 bits per heavy atom. The van der Waals surface area contributed by atoms with Crippen molar-refractivity contribution in [2.75, 3.05) is 0 Å². The molecule has 2 aromatic carbocycles. The minimum absolute atomic E-state index is 0.540. The van der Waals surface area contributed by atoms with Gasteiger partial charge in [-0.05, 0) is 35.4 Å². The molecule has 24 heavy (non-hydrogen) atoms. The van der Waals surface area contributed by atoms with E-state index in [2.05, 4.69) is 21.1 Å². The second-order valence-electron chi connectivity index (χ2n) is 4.51. The van der Waals surface area contributed by atoms with Crippen molar-refractivity contribution in [1.29, 1.82) is 0 Å². The van der Waals surface area contributed by atoms with Crippen molar-refractivity contribution in [3.8, 4) is 0 Å². The van der Waals surface area contributed by atoms with E-state index in [9.17, 15) is 9.59 Å². The van der Waals surface area contributed by atoms with Crippen molar-refractivity contribution < 1.29 is 9.59 Å². The van der Waals surface area contributed by atoms with E-state index in [1.807, 2.05) is 0 Å². The molecule has 8 heteroatoms. The Hall–Kier alpha value is -2.70. The molecule has 122 valence electrons. The fourth-order valence-corrected chi connectivity index (χ4v) is 2.00. The lowest BCUT2D eigenvalue weighted by Gasteiger charge is -1.99. The summed E-state index contributed by atoms with van der Waals surface area (Å²) < 4.78 is 0. The van der Waals surface area contributed by atoms with Crippen LogP contribution in [0.5, 0.6) is 0 Å². The smallest absolute Gasteiger partial charge is 0.262 e. The Labute approximate surface area is 148 Å². The fraction of sp³-hybridized carbons (Fsp3) is 0. The Bertz CT molecular complexity index is 739. The summed E-state index contributed by atoms with van der Waals surface area (Å²) in [6.07, 6.45) is 2.73. The number of nitrogens with zero attached hydrogens (tertiary/aromatic N) is 2. The Morgan fingerprint density at radius 3 is 1.58 bits per heavy atom. The number of hydrazone groups is 2. The molecule has 0 fully saturated rings. The van der Waals surface area contributed by atoms with Crippen molar-refractivity contribution in [2.45, 2.75) is 0 Å². The first kappa shape index (κ1) is 17.7. The molecule has 0 saturated carbocycles. The first-order valence-electron chi connectivity index (χ1n) is 6.72. The van der Waals surface area contributed by atoms with Gasteiger partial charge in [0.2, 0.25) is 0 Å². The van der Waals surface area contributed by atoms with Crippen LogP contribution in [0.3, 0.4) is 0 Å². The Morgan fingerprint density at radius 2 is 1.21 bits per heavy atom. The molecule has 0 aliphatic heterocycles. The van der Waals surface area contributed by atoms with Gasteiger partial charge in [-0.25, -0.2) is 10.9 Å². The summed E-state index contributed by atoms with van der Waals surface area (Å²) in [6, 6.07) is 13.7. The predicted molar refractivity (Wildman–Crippen MR) is 94.4 cm³/mol. The van der Waals surface area contributed by atoms with Crippen molar-refractivity contribution in [3.63, 3.8) is 0 Å². The van der Waals surface area contributed by atoms with Crippen LogP contribution in [-0.2, 0) is 9.59 Å². The highest BCUT2D eigenvalue weighted by Crippen LogP contribution is 2.09. The lowest BCUT2D eigenvalue weighted by Crippen LogP contribution is -2.35. The maximum absolute atomic E-state index is 11.5. The van der Waals surface area contributed by atoms with E-state index in [1.165, 1.54) is 12.4 Å². The molecule has 2 rings (SSSR count).